The number of methoxy groups -OCH3 is 1. The lowest BCUT2D eigenvalue weighted by Crippen LogP contribution is -2.38. The molecule has 1 aliphatic heterocycles. The topological polar surface area (TPSA) is 89.2 Å². The second kappa shape index (κ2) is 5.28. The van der Waals surface area contributed by atoms with Gasteiger partial charge >= 0.3 is 0 Å². The number of hydrogen-bond acceptors (Lipinski definition) is 7. The van der Waals surface area contributed by atoms with E-state index in [1.165, 1.54) is 0 Å². The van der Waals surface area contributed by atoms with Crippen LogP contribution in [0.5, 0.6) is 5.88 Å². The van der Waals surface area contributed by atoms with Crippen LogP contribution in [0.2, 0.25) is 0 Å². The highest BCUT2D eigenvalue weighted by Crippen LogP contribution is 2.27. The predicted octanol–water partition coefficient (Wildman–Crippen LogP) is 0.0265. The van der Waals surface area contributed by atoms with E-state index in [1.54, 1.807) is 30.3 Å². The molecule has 1 N–H and O–H groups in total. The van der Waals surface area contributed by atoms with Crippen LogP contribution in [-0.4, -0.2) is 55.9 Å². The van der Waals surface area contributed by atoms with E-state index in [1.807, 2.05) is 11.8 Å². The third-order valence-corrected chi connectivity index (χ3v) is 3.57. The first-order chi connectivity index (χ1) is 10.1. The molecule has 1 saturated heterocycles. The van der Waals surface area contributed by atoms with E-state index in [0.29, 0.717) is 37.9 Å². The number of aliphatic hydroxyl groups is 1. The van der Waals surface area contributed by atoms with Gasteiger partial charge in [0.05, 0.1) is 26.4 Å². The van der Waals surface area contributed by atoms with Crippen molar-refractivity contribution < 1.29 is 9.84 Å². The predicted molar refractivity (Wildman–Crippen MR) is 75.1 cm³/mol. The van der Waals surface area contributed by atoms with E-state index in [0.717, 1.165) is 5.69 Å². The number of nitrogens with zero attached hydrogens (tertiary/aromatic N) is 6. The third-order valence-electron chi connectivity index (χ3n) is 3.57. The Hall–Kier alpha value is -2.22. The van der Waals surface area contributed by atoms with Gasteiger partial charge in [0.2, 0.25) is 11.8 Å². The van der Waals surface area contributed by atoms with Gasteiger partial charge in [-0.25, -0.2) is 9.67 Å². The van der Waals surface area contributed by atoms with Crippen molar-refractivity contribution in [3.63, 3.8) is 0 Å². The zero-order chi connectivity index (χ0) is 14.9. The molecule has 1 unspecified atom stereocenters. The molecule has 2 aromatic heterocycles. The molecule has 1 atom stereocenters. The zero-order valence-electron chi connectivity index (χ0n) is 12.1. The van der Waals surface area contributed by atoms with Crippen molar-refractivity contribution in [3.8, 4) is 5.88 Å². The van der Waals surface area contributed by atoms with Gasteiger partial charge in [-0.2, -0.15) is 4.98 Å². The number of aryl methyl sites for hydroxylation is 1. The fourth-order valence-electron chi connectivity index (χ4n) is 2.55. The van der Waals surface area contributed by atoms with Crippen LogP contribution in [0.4, 0.5) is 5.95 Å². The molecule has 21 heavy (non-hydrogen) atoms. The van der Waals surface area contributed by atoms with Crippen molar-refractivity contribution in [2.75, 3.05) is 25.1 Å². The van der Waals surface area contributed by atoms with E-state index in [2.05, 4.69) is 20.3 Å². The summed E-state index contributed by atoms with van der Waals surface area (Å²) in [6, 6.07) is 1.78. The quantitative estimate of drug-likeness (QED) is 0.849. The highest BCUT2D eigenvalue weighted by atomic mass is 16.5. The number of hydrogen-bond donors (Lipinski definition) is 1. The van der Waals surface area contributed by atoms with Crippen LogP contribution in [0.25, 0.3) is 0 Å². The van der Waals surface area contributed by atoms with Gasteiger partial charge in [-0.05, 0) is 13.3 Å². The first-order valence-electron chi connectivity index (χ1n) is 6.79. The third kappa shape index (κ3) is 2.94. The summed E-state index contributed by atoms with van der Waals surface area (Å²) in [5.41, 5.74) is -0.0165. The molecule has 3 rings (SSSR count). The fraction of sp³-hybridized carbons (Fsp3) is 0.538. The maximum Gasteiger partial charge on any atom is 0.228 e. The summed E-state index contributed by atoms with van der Waals surface area (Å²) in [4.78, 5) is 10.7. The molecule has 8 nitrogen and oxygen atoms in total. The summed E-state index contributed by atoms with van der Waals surface area (Å²) in [5, 5.41) is 18.3. The van der Waals surface area contributed by atoms with Crippen molar-refractivity contribution in [1.82, 2.24) is 25.0 Å². The van der Waals surface area contributed by atoms with Crippen molar-refractivity contribution >= 4 is 5.95 Å². The normalized spacial score (nSPS) is 21.8. The van der Waals surface area contributed by atoms with Gasteiger partial charge in [-0.3, -0.25) is 0 Å². The van der Waals surface area contributed by atoms with E-state index in [9.17, 15) is 5.11 Å². The van der Waals surface area contributed by atoms with Gasteiger partial charge in [0.25, 0.3) is 0 Å². The lowest BCUT2D eigenvalue weighted by atomic mass is 10.0. The molecular weight excluding hydrogens is 272 g/mol. The molecule has 0 aromatic carbocycles. The Morgan fingerprint density at radius 3 is 3.00 bits per heavy atom. The lowest BCUT2D eigenvalue weighted by molar-refractivity contribution is 0.0408. The number of aromatic nitrogens is 5. The van der Waals surface area contributed by atoms with Crippen LogP contribution >= 0.6 is 0 Å². The fourth-order valence-corrected chi connectivity index (χ4v) is 2.55. The maximum atomic E-state index is 10.7. The minimum absolute atomic E-state index is 0.409. The van der Waals surface area contributed by atoms with Crippen LogP contribution in [0.3, 0.4) is 0 Å². The highest BCUT2D eigenvalue weighted by molar-refractivity contribution is 5.36. The average Bonchev–Trinajstić information content (AvgIpc) is 3.08. The summed E-state index contributed by atoms with van der Waals surface area (Å²) in [6.07, 6.45) is 3.98. The van der Waals surface area contributed by atoms with E-state index in [4.69, 9.17) is 4.74 Å². The number of ether oxygens (including phenoxy) is 1. The molecule has 2 aromatic rings. The second-order valence-corrected chi connectivity index (χ2v) is 5.35. The molecule has 112 valence electrons. The second-order valence-electron chi connectivity index (χ2n) is 5.35. The summed E-state index contributed by atoms with van der Waals surface area (Å²) in [7, 11) is 1.58. The van der Waals surface area contributed by atoms with Gasteiger partial charge in [-0.15, -0.1) is 5.10 Å². The van der Waals surface area contributed by atoms with Crippen LogP contribution in [0.1, 0.15) is 12.1 Å². The Bertz CT molecular complexity index is 617. The maximum absolute atomic E-state index is 10.7. The molecule has 0 radical (unpaired) electrons. The average molecular weight is 290 g/mol. The Morgan fingerprint density at radius 1 is 1.43 bits per heavy atom. The minimum Gasteiger partial charge on any atom is -0.481 e. The summed E-state index contributed by atoms with van der Waals surface area (Å²) in [6.45, 7) is 3.45. The number of β-amino-alcohol motifs (C(OH)–C–C–N with tert-alkyl or cyclic N) is 1. The molecule has 3 heterocycles. The number of anilines is 1. The van der Waals surface area contributed by atoms with E-state index < -0.39 is 5.60 Å². The lowest BCUT2D eigenvalue weighted by Gasteiger charge is -2.23. The van der Waals surface area contributed by atoms with Gasteiger partial charge in [-0.1, -0.05) is 5.21 Å². The summed E-state index contributed by atoms with van der Waals surface area (Å²) < 4.78 is 6.81. The largest absolute Gasteiger partial charge is 0.481 e. The van der Waals surface area contributed by atoms with Gasteiger partial charge < -0.3 is 14.7 Å². The molecule has 0 bridgehead atoms. The zero-order valence-corrected chi connectivity index (χ0v) is 12.1. The SMILES string of the molecule is COc1cc(C)nc(N2CCC(O)(Cn3ccnn3)C2)n1. The first kappa shape index (κ1) is 13.7. The molecule has 0 saturated carbocycles. The van der Waals surface area contributed by atoms with Gasteiger partial charge in [0.1, 0.15) is 5.60 Å². The van der Waals surface area contributed by atoms with Crippen LogP contribution in [0, 0.1) is 6.92 Å². The van der Waals surface area contributed by atoms with Crippen molar-refractivity contribution in [1.29, 1.82) is 0 Å². The Balaban J connectivity index is 1.75. The molecule has 0 aliphatic carbocycles. The Morgan fingerprint density at radius 2 is 2.29 bits per heavy atom. The molecule has 8 heteroatoms. The highest BCUT2D eigenvalue weighted by Gasteiger charge is 2.38. The smallest absolute Gasteiger partial charge is 0.228 e. The van der Waals surface area contributed by atoms with E-state index >= 15 is 0 Å². The van der Waals surface area contributed by atoms with Gasteiger partial charge in [0, 0.05) is 24.5 Å². The van der Waals surface area contributed by atoms with Crippen molar-refractivity contribution in [2.45, 2.75) is 25.5 Å². The molecule has 1 fully saturated rings. The Kier molecular flexibility index (Phi) is 3.46. The molecular formula is C13H18N6O2. The van der Waals surface area contributed by atoms with Crippen LogP contribution in [0.15, 0.2) is 18.5 Å². The Labute approximate surface area is 122 Å². The standard InChI is InChI=1S/C13H18N6O2/c1-10-7-11(21-2)16-12(15-10)18-5-3-13(20,8-18)9-19-6-4-14-17-19/h4,6-7,20H,3,5,8-9H2,1-2H3. The molecule has 1 aliphatic rings. The van der Waals surface area contributed by atoms with Crippen molar-refractivity contribution in [3.05, 3.63) is 24.2 Å². The van der Waals surface area contributed by atoms with Crippen LogP contribution < -0.4 is 9.64 Å². The molecule has 0 spiro atoms. The summed E-state index contributed by atoms with van der Waals surface area (Å²) >= 11 is 0. The van der Waals surface area contributed by atoms with Gasteiger partial charge in [0.15, 0.2) is 0 Å². The van der Waals surface area contributed by atoms with Crippen LogP contribution in [-0.2, 0) is 6.54 Å². The summed E-state index contributed by atoms with van der Waals surface area (Å²) in [5.74, 6) is 1.12. The monoisotopic (exact) mass is 290 g/mol. The molecule has 0 amide bonds. The first-order valence-corrected chi connectivity index (χ1v) is 6.79. The number of rotatable bonds is 4. The van der Waals surface area contributed by atoms with E-state index in [-0.39, 0.29) is 0 Å². The van der Waals surface area contributed by atoms with Crippen molar-refractivity contribution in [2.24, 2.45) is 0 Å². The minimum atomic E-state index is -0.853.